The lowest BCUT2D eigenvalue weighted by molar-refractivity contribution is 0.474. The molecule has 20 heavy (non-hydrogen) atoms. The first-order chi connectivity index (χ1) is 9.59. The van der Waals surface area contributed by atoms with Crippen LogP contribution in [0, 0.1) is 0 Å². The number of phenols is 1. The molecule has 1 aromatic heterocycles. The molecule has 0 bridgehead atoms. The zero-order valence-corrected chi connectivity index (χ0v) is 11.6. The number of phenolic OH excluding ortho intramolecular Hbond substituents is 1. The van der Waals surface area contributed by atoms with Gasteiger partial charge in [0.25, 0.3) is 0 Å². The van der Waals surface area contributed by atoms with Gasteiger partial charge in [0.2, 0.25) is 5.43 Å². The van der Waals surface area contributed by atoms with E-state index in [9.17, 15) is 9.90 Å². The van der Waals surface area contributed by atoms with Crippen LogP contribution in [0.25, 0.3) is 22.1 Å². The SMILES string of the molecule is O=c1c(-c2ccccc2)coc2c(Cl)c(O)c(Cl)cc12. The Balaban J connectivity index is 2.38. The number of halogens is 2. The summed E-state index contributed by atoms with van der Waals surface area (Å²) >= 11 is 11.8. The van der Waals surface area contributed by atoms with Gasteiger partial charge in [-0.25, -0.2) is 0 Å². The van der Waals surface area contributed by atoms with E-state index in [4.69, 9.17) is 27.6 Å². The minimum atomic E-state index is -0.295. The summed E-state index contributed by atoms with van der Waals surface area (Å²) in [4.78, 5) is 12.5. The first kappa shape index (κ1) is 13.0. The van der Waals surface area contributed by atoms with Gasteiger partial charge in [-0.15, -0.1) is 0 Å². The van der Waals surface area contributed by atoms with Crippen molar-refractivity contribution in [2.24, 2.45) is 0 Å². The third kappa shape index (κ3) is 1.96. The van der Waals surface area contributed by atoms with Crippen molar-refractivity contribution in [3.63, 3.8) is 0 Å². The van der Waals surface area contributed by atoms with Gasteiger partial charge in [-0.3, -0.25) is 4.79 Å². The minimum absolute atomic E-state index is 0.0139. The molecule has 0 amide bonds. The molecule has 1 heterocycles. The molecule has 0 aliphatic carbocycles. The molecule has 100 valence electrons. The molecule has 0 saturated carbocycles. The standard InChI is InChI=1S/C15H8Cl2O3/c16-11-6-9-13(18)10(8-4-2-1-3-5-8)7-20-15(9)12(17)14(11)19/h1-7,19H. The summed E-state index contributed by atoms with van der Waals surface area (Å²) in [7, 11) is 0. The van der Waals surface area contributed by atoms with Crippen molar-refractivity contribution in [2.75, 3.05) is 0 Å². The second kappa shape index (κ2) is 4.85. The fourth-order valence-corrected chi connectivity index (χ4v) is 2.51. The number of fused-ring (bicyclic) bond motifs is 1. The summed E-state index contributed by atoms with van der Waals surface area (Å²) in [5, 5.41) is 9.84. The summed E-state index contributed by atoms with van der Waals surface area (Å²) in [6, 6.07) is 10.5. The van der Waals surface area contributed by atoms with Crippen LogP contribution in [0.3, 0.4) is 0 Å². The van der Waals surface area contributed by atoms with Crippen molar-refractivity contribution < 1.29 is 9.52 Å². The van der Waals surface area contributed by atoms with Crippen LogP contribution in [0.1, 0.15) is 0 Å². The average molecular weight is 307 g/mol. The smallest absolute Gasteiger partial charge is 0.200 e. The Hall–Kier alpha value is -1.97. The molecule has 0 radical (unpaired) electrons. The van der Waals surface area contributed by atoms with E-state index in [1.54, 1.807) is 0 Å². The molecule has 0 unspecified atom stereocenters. The zero-order chi connectivity index (χ0) is 14.3. The van der Waals surface area contributed by atoms with E-state index in [0.717, 1.165) is 5.56 Å². The molecule has 0 aliphatic heterocycles. The third-order valence-corrected chi connectivity index (χ3v) is 3.66. The topological polar surface area (TPSA) is 50.4 Å². The summed E-state index contributed by atoms with van der Waals surface area (Å²) in [6.07, 6.45) is 1.33. The van der Waals surface area contributed by atoms with Gasteiger partial charge in [-0.1, -0.05) is 53.5 Å². The number of hydrogen-bond acceptors (Lipinski definition) is 3. The molecule has 0 fully saturated rings. The van der Waals surface area contributed by atoms with Gasteiger partial charge in [-0.05, 0) is 11.6 Å². The van der Waals surface area contributed by atoms with E-state index in [1.807, 2.05) is 30.3 Å². The Kier molecular flexibility index (Phi) is 3.16. The Morgan fingerprint density at radius 3 is 2.50 bits per heavy atom. The van der Waals surface area contributed by atoms with Crippen molar-refractivity contribution in [2.45, 2.75) is 0 Å². The fourth-order valence-electron chi connectivity index (χ4n) is 2.01. The van der Waals surface area contributed by atoms with E-state index in [0.29, 0.717) is 5.56 Å². The molecular formula is C15H8Cl2O3. The van der Waals surface area contributed by atoms with Crippen molar-refractivity contribution in [3.8, 4) is 16.9 Å². The predicted molar refractivity (Wildman–Crippen MR) is 79.6 cm³/mol. The maximum absolute atomic E-state index is 12.5. The molecule has 3 aromatic rings. The van der Waals surface area contributed by atoms with Crippen molar-refractivity contribution in [1.29, 1.82) is 0 Å². The van der Waals surface area contributed by atoms with Gasteiger partial charge in [0, 0.05) is 0 Å². The number of rotatable bonds is 1. The number of aromatic hydroxyl groups is 1. The minimum Gasteiger partial charge on any atom is -0.505 e. The van der Waals surface area contributed by atoms with E-state index >= 15 is 0 Å². The molecule has 5 heteroatoms. The Bertz CT molecular complexity index is 854. The van der Waals surface area contributed by atoms with Crippen LogP contribution in [0.5, 0.6) is 5.75 Å². The molecular weight excluding hydrogens is 299 g/mol. The van der Waals surface area contributed by atoms with Crippen molar-refractivity contribution in [1.82, 2.24) is 0 Å². The van der Waals surface area contributed by atoms with Gasteiger partial charge in [0.1, 0.15) is 11.3 Å². The summed E-state index contributed by atoms with van der Waals surface area (Å²) in [6.45, 7) is 0. The summed E-state index contributed by atoms with van der Waals surface area (Å²) in [5.74, 6) is -0.295. The van der Waals surface area contributed by atoms with Gasteiger partial charge in [0.05, 0.1) is 16.0 Å². The second-order valence-electron chi connectivity index (χ2n) is 4.24. The van der Waals surface area contributed by atoms with Crippen LogP contribution in [0.2, 0.25) is 10.0 Å². The normalized spacial score (nSPS) is 10.9. The zero-order valence-electron chi connectivity index (χ0n) is 10.1. The molecule has 3 nitrogen and oxygen atoms in total. The second-order valence-corrected chi connectivity index (χ2v) is 5.03. The molecule has 3 rings (SSSR count). The predicted octanol–water partition coefficient (Wildman–Crippen LogP) is 4.47. The quantitative estimate of drug-likeness (QED) is 0.721. The monoisotopic (exact) mass is 306 g/mol. The highest BCUT2D eigenvalue weighted by Gasteiger charge is 2.16. The molecule has 0 saturated heterocycles. The van der Waals surface area contributed by atoms with E-state index < -0.39 is 0 Å². The van der Waals surface area contributed by atoms with Crippen LogP contribution >= 0.6 is 23.2 Å². The number of hydrogen-bond donors (Lipinski definition) is 1. The molecule has 2 aromatic carbocycles. The molecule has 0 aliphatic rings. The van der Waals surface area contributed by atoms with Crippen molar-refractivity contribution in [3.05, 3.63) is 62.9 Å². The van der Waals surface area contributed by atoms with Crippen LogP contribution in [-0.4, -0.2) is 5.11 Å². The maximum atomic E-state index is 12.5. The van der Waals surface area contributed by atoms with Crippen LogP contribution in [0.4, 0.5) is 0 Å². The van der Waals surface area contributed by atoms with E-state index in [-0.39, 0.29) is 32.2 Å². The lowest BCUT2D eigenvalue weighted by Crippen LogP contribution is -2.05. The van der Waals surface area contributed by atoms with Crippen molar-refractivity contribution >= 4 is 34.2 Å². The summed E-state index contributed by atoms with van der Waals surface area (Å²) < 4.78 is 5.39. The average Bonchev–Trinajstić information content (AvgIpc) is 2.47. The lowest BCUT2D eigenvalue weighted by Gasteiger charge is -2.06. The van der Waals surface area contributed by atoms with E-state index in [2.05, 4.69) is 0 Å². The highest BCUT2D eigenvalue weighted by molar-refractivity contribution is 6.40. The first-order valence-electron chi connectivity index (χ1n) is 5.77. The largest absolute Gasteiger partial charge is 0.505 e. The Morgan fingerprint density at radius 1 is 1.10 bits per heavy atom. The Labute approximate surface area is 124 Å². The Morgan fingerprint density at radius 2 is 1.80 bits per heavy atom. The summed E-state index contributed by atoms with van der Waals surface area (Å²) in [5.41, 5.74) is 1.03. The lowest BCUT2D eigenvalue weighted by atomic mass is 10.1. The van der Waals surface area contributed by atoms with Gasteiger partial charge >= 0.3 is 0 Å². The fraction of sp³-hybridized carbons (Fsp3) is 0. The van der Waals surface area contributed by atoms with Crippen LogP contribution in [-0.2, 0) is 0 Å². The van der Waals surface area contributed by atoms with Crippen LogP contribution < -0.4 is 5.43 Å². The number of benzene rings is 2. The van der Waals surface area contributed by atoms with Gasteiger partial charge in [0.15, 0.2) is 11.3 Å². The third-order valence-electron chi connectivity index (χ3n) is 3.02. The van der Waals surface area contributed by atoms with Gasteiger partial charge in [-0.2, -0.15) is 0 Å². The highest BCUT2D eigenvalue weighted by Crippen LogP contribution is 2.37. The maximum Gasteiger partial charge on any atom is 0.200 e. The molecule has 0 atom stereocenters. The first-order valence-corrected chi connectivity index (χ1v) is 6.53. The van der Waals surface area contributed by atoms with E-state index in [1.165, 1.54) is 12.3 Å². The molecule has 1 N–H and O–H groups in total. The molecule has 0 spiro atoms. The highest BCUT2D eigenvalue weighted by atomic mass is 35.5. The van der Waals surface area contributed by atoms with Crippen LogP contribution in [0.15, 0.2) is 51.9 Å². The van der Waals surface area contributed by atoms with Gasteiger partial charge < -0.3 is 9.52 Å².